The van der Waals surface area contributed by atoms with E-state index >= 15 is 0 Å². The average Bonchev–Trinajstić information content (AvgIpc) is 2.54. The van der Waals surface area contributed by atoms with E-state index in [-0.39, 0.29) is 33.4 Å². The van der Waals surface area contributed by atoms with E-state index in [2.05, 4.69) is 5.32 Å². The third kappa shape index (κ3) is 3.76. The zero-order valence-electron chi connectivity index (χ0n) is 12.2. The minimum atomic E-state index is -0.744. The van der Waals surface area contributed by atoms with Gasteiger partial charge in [-0.3, -0.25) is 25.0 Å². The van der Waals surface area contributed by atoms with Gasteiger partial charge in [-0.1, -0.05) is 11.6 Å². The largest absolute Gasteiger partial charge is 0.496 e. The third-order valence-electron chi connectivity index (χ3n) is 3.00. The van der Waals surface area contributed by atoms with Crippen molar-refractivity contribution in [1.29, 1.82) is 0 Å². The number of benzene rings is 2. The number of nitro benzene ring substituents is 2. The molecule has 0 atom stereocenters. The molecule has 24 heavy (non-hydrogen) atoms. The van der Waals surface area contributed by atoms with E-state index < -0.39 is 15.8 Å². The number of nitrogens with one attached hydrogen (secondary N) is 1. The maximum absolute atomic E-state index is 12.3. The molecule has 0 saturated carbocycles. The lowest BCUT2D eigenvalue weighted by Gasteiger charge is -2.08. The average molecular weight is 352 g/mol. The third-order valence-corrected chi connectivity index (χ3v) is 3.33. The molecule has 0 aliphatic rings. The Kier molecular flexibility index (Phi) is 4.95. The number of halogens is 1. The molecule has 0 fully saturated rings. The number of rotatable bonds is 5. The number of ether oxygens (including phenoxy) is 1. The molecule has 124 valence electrons. The minimum Gasteiger partial charge on any atom is -0.496 e. The van der Waals surface area contributed by atoms with E-state index in [9.17, 15) is 25.0 Å². The number of amides is 1. The first kappa shape index (κ1) is 17.2. The van der Waals surface area contributed by atoms with E-state index in [4.69, 9.17) is 16.3 Å². The van der Waals surface area contributed by atoms with Gasteiger partial charge in [0.2, 0.25) is 0 Å². The maximum Gasteiger partial charge on any atom is 0.275 e. The molecule has 0 unspecified atom stereocenters. The number of hydrogen-bond donors (Lipinski definition) is 1. The highest BCUT2D eigenvalue weighted by Gasteiger charge is 2.18. The van der Waals surface area contributed by atoms with Crippen molar-refractivity contribution in [1.82, 2.24) is 0 Å². The Morgan fingerprint density at radius 2 is 1.75 bits per heavy atom. The minimum absolute atomic E-state index is 0.00972. The number of nitro groups is 2. The first-order chi connectivity index (χ1) is 11.3. The van der Waals surface area contributed by atoms with Crippen LogP contribution >= 0.6 is 11.6 Å². The van der Waals surface area contributed by atoms with Gasteiger partial charge >= 0.3 is 0 Å². The summed E-state index contributed by atoms with van der Waals surface area (Å²) >= 11 is 5.89. The molecule has 2 rings (SSSR count). The first-order valence-electron chi connectivity index (χ1n) is 6.40. The maximum atomic E-state index is 12.3. The standard InChI is InChI=1S/C14H10ClN3O6/c1-24-11-5-8(4-10(6-11)18(22)23)16-14(19)12-7-9(17(20)21)2-3-13(12)15/h2-7H,1H3,(H,16,19). The Hall–Kier alpha value is -3.20. The molecule has 2 aromatic carbocycles. The summed E-state index contributed by atoms with van der Waals surface area (Å²) in [7, 11) is 1.32. The van der Waals surface area contributed by atoms with Crippen LogP contribution in [0.5, 0.6) is 5.75 Å². The van der Waals surface area contributed by atoms with Gasteiger partial charge in [0.05, 0.1) is 39.3 Å². The Morgan fingerprint density at radius 1 is 1.08 bits per heavy atom. The van der Waals surface area contributed by atoms with Gasteiger partial charge in [-0.15, -0.1) is 0 Å². The number of hydrogen-bond acceptors (Lipinski definition) is 6. The van der Waals surface area contributed by atoms with Crippen LogP contribution in [0.25, 0.3) is 0 Å². The fraction of sp³-hybridized carbons (Fsp3) is 0.0714. The van der Waals surface area contributed by atoms with E-state index in [0.29, 0.717) is 0 Å². The summed E-state index contributed by atoms with van der Waals surface area (Å²) in [5, 5.41) is 24.1. The second-order valence-electron chi connectivity index (χ2n) is 4.55. The highest BCUT2D eigenvalue weighted by atomic mass is 35.5. The second kappa shape index (κ2) is 6.92. The molecule has 0 saturated heterocycles. The molecule has 1 N–H and O–H groups in total. The van der Waals surface area contributed by atoms with Gasteiger partial charge in [0, 0.05) is 24.3 Å². The molecule has 0 aromatic heterocycles. The van der Waals surface area contributed by atoms with E-state index in [1.54, 1.807) is 0 Å². The van der Waals surface area contributed by atoms with Crippen LogP contribution in [-0.2, 0) is 0 Å². The number of non-ortho nitro benzene ring substituents is 2. The Labute approximate surface area is 140 Å². The van der Waals surface area contributed by atoms with Gasteiger partial charge in [-0.2, -0.15) is 0 Å². The Balaban J connectivity index is 2.36. The van der Waals surface area contributed by atoms with Crippen LogP contribution in [0.3, 0.4) is 0 Å². The Morgan fingerprint density at radius 3 is 2.33 bits per heavy atom. The van der Waals surface area contributed by atoms with Crippen LogP contribution in [0.4, 0.5) is 17.1 Å². The monoisotopic (exact) mass is 351 g/mol. The van der Waals surface area contributed by atoms with Crippen molar-refractivity contribution in [3.63, 3.8) is 0 Å². The van der Waals surface area contributed by atoms with Crippen molar-refractivity contribution in [2.45, 2.75) is 0 Å². The normalized spacial score (nSPS) is 10.1. The predicted octanol–water partition coefficient (Wildman–Crippen LogP) is 3.42. The SMILES string of the molecule is COc1cc(NC(=O)c2cc([N+](=O)[O-])ccc2Cl)cc([N+](=O)[O-])c1. The van der Waals surface area contributed by atoms with Crippen molar-refractivity contribution in [2.75, 3.05) is 12.4 Å². The summed E-state index contributed by atoms with van der Waals surface area (Å²) in [4.78, 5) is 32.6. The van der Waals surface area contributed by atoms with Gasteiger partial charge in [0.1, 0.15) is 5.75 Å². The summed E-state index contributed by atoms with van der Waals surface area (Å²) in [5.41, 5.74) is -0.624. The zero-order valence-corrected chi connectivity index (χ0v) is 12.9. The van der Waals surface area contributed by atoms with Gasteiger partial charge < -0.3 is 10.1 Å². The van der Waals surface area contributed by atoms with Gasteiger partial charge in [-0.05, 0) is 6.07 Å². The molecule has 1 amide bonds. The van der Waals surface area contributed by atoms with Crippen molar-refractivity contribution < 1.29 is 19.4 Å². The number of carbonyl (C=O) groups is 1. The molecule has 0 spiro atoms. The second-order valence-corrected chi connectivity index (χ2v) is 4.96. The fourth-order valence-corrected chi connectivity index (χ4v) is 2.08. The van der Waals surface area contributed by atoms with Crippen LogP contribution in [0.1, 0.15) is 10.4 Å². The van der Waals surface area contributed by atoms with Gasteiger partial charge in [-0.25, -0.2) is 0 Å². The lowest BCUT2D eigenvalue weighted by molar-refractivity contribution is -0.385. The summed E-state index contributed by atoms with van der Waals surface area (Å²) in [6.07, 6.45) is 0. The summed E-state index contributed by atoms with van der Waals surface area (Å²) < 4.78 is 4.94. The lowest BCUT2D eigenvalue weighted by Crippen LogP contribution is -2.13. The highest BCUT2D eigenvalue weighted by Crippen LogP contribution is 2.27. The zero-order chi connectivity index (χ0) is 17.9. The van der Waals surface area contributed by atoms with Crippen LogP contribution in [-0.4, -0.2) is 22.9 Å². The predicted molar refractivity (Wildman–Crippen MR) is 85.7 cm³/mol. The van der Waals surface area contributed by atoms with Gasteiger partial charge in [0.15, 0.2) is 0 Å². The molecule has 10 heteroatoms. The molecule has 2 aromatic rings. The number of methoxy groups -OCH3 is 1. The van der Waals surface area contributed by atoms with Crippen molar-refractivity contribution >= 4 is 34.6 Å². The van der Waals surface area contributed by atoms with Crippen LogP contribution in [0, 0.1) is 20.2 Å². The summed E-state index contributed by atoms with van der Waals surface area (Å²) in [5.74, 6) is -0.573. The summed E-state index contributed by atoms with van der Waals surface area (Å²) in [6.45, 7) is 0. The van der Waals surface area contributed by atoms with E-state index in [1.165, 1.54) is 25.3 Å². The van der Waals surface area contributed by atoms with E-state index in [0.717, 1.165) is 18.2 Å². The molecule has 0 radical (unpaired) electrons. The fourth-order valence-electron chi connectivity index (χ4n) is 1.88. The number of carbonyl (C=O) groups excluding carboxylic acids is 1. The quantitative estimate of drug-likeness (QED) is 0.650. The van der Waals surface area contributed by atoms with Crippen molar-refractivity contribution in [3.05, 3.63) is 67.2 Å². The lowest BCUT2D eigenvalue weighted by atomic mass is 10.1. The van der Waals surface area contributed by atoms with Crippen LogP contribution in [0.2, 0.25) is 5.02 Å². The molecule has 0 aliphatic heterocycles. The Bertz CT molecular complexity index is 839. The highest BCUT2D eigenvalue weighted by molar-refractivity contribution is 6.34. The van der Waals surface area contributed by atoms with Gasteiger partial charge in [0.25, 0.3) is 17.3 Å². The smallest absolute Gasteiger partial charge is 0.275 e. The van der Waals surface area contributed by atoms with Crippen LogP contribution in [0.15, 0.2) is 36.4 Å². The molecular weight excluding hydrogens is 342 g/mol. The molecule has 0 aliphatic carbocycles. The molecule has 9 nitrogen and oxygen atoms in total. The van der Waals surface area contributed by atoms with Crippen molar-refractivity contribution in [3.8, 4) is 5.75 Å². The topological polar surface area (TPSA) is 125 Å². The van der Waals surface area contributed by atoms with Crippen LogP contribution < -0.4 is 10.1 Å². The number of anilines is 1. The molecule has 0 bridgehead atoms. The number of nitrogens with zero attached hydrogens (tertiary/aromatic N) is 2. The molecule has 0 heterocycles. The van der Waals surface area contributed by atoms with E-state index in [1.807, 2.05) is 0 Å². The molecular formula is C14H10ClN3O6. The summed E-state index contributed by atoms with van der Waals surface area (Å²) in [6, 6.07) is 7.10. The van der Waals surface area contributed by atoms with Crippen molar-refractivity contribution in [2.24, 2.45) is 0 Å². The first-order valence-corrected chi connectivity index (χ1v) is 6.78.